The highest BCUT2D eigenvalue weighted by atomic mass is 31.2. The quantitative estimate of drug-likeness (QED) is 0.368. The molecule has 0 bridgehead atoms. The van der Waals surface area contributed by atoms with Crippen LogP contribution in [0.3, 0.4) is 0 Å². The molecule has 29 heavy (non-hydrogen) atoms. The van der Waals surface area contributed by atoms with E-state index in [0.717, 1.165) is 0 Å². The van der Waals surface area contributed by atoms with Gasteiger partial charge in [-0.25, -0.2) is 0 Å². The van der Waals surface area contributed by atoms with E-state index < -0.39 is 63.9 Å². The molecule has 2 aliphatic rings. The van der Waals surface area contributed by atoms with Gasteiger partial charge in [0.1, 0.15) is 44.1 Å². The molecule has 2 N–H and O–H groups in total. The molecule has 3 unspecified atom stereocenters. The third-order valence-corrected chi connectivity index (χ3v) is 5.50. The summed E-state index contributed by atoms with van der Waals surface area (Å²) in [6, 6.07) is 0. The average molecular weight is 439 g/mol. The minimum absolute atomic E-state index is 0.00433. The first-order valence-corrected chi connectivity index (χ1v) is 10.9. The Morgan fingerprint density at radius 2 is 1.45 bits per heavy atom. The van der Waals surface area contributed by atoms with Crippen molar-refractivity contribution in [3.63, 3.8) is 0 Å². The smallest absolute Gasteiger partial charge is 0.147 e. The predicted molar refractivity (Wildman–Crippen MR) is 110 cm³/mol. The summed E-state index contributed by atoms with van der Waals surface area (Å²) in [4.78, 5) is 0. The Kier molecular flexibility index (Phi) is 9.16. The number of aliphatic hydroxyl groups is 2. The van der Waals surface area contributed by atoms with Gasteiger partial charge in [-0.05, 0) is 41.5 Å². The van der Waals surface area contributed by atoms with Gasteiger partial charge in [-0.1, -0.05) is 0 Å². The summed E-state index contributed by atoms with van der Waals surface area (Å²) >= 11 is 0. The molecule has 2 saturated heterocycles. The van der Waals surface area contributed by atoms with Crippen molar-refractivity contribution >= 4 is 15.0 Å². The van der Waals surface area contributed by atoms with Crippen LogP contribution in [0.1, 0.15) is 41.5 Å². The van der Waals surface area contributed by atoms with Gasteiger partial charge in [-0.3, -0.25) is 0 Å². The summed E-state index contributed by atoms with van der Waals surface area (Å²) in [6.07, 6.45) is -5.01. The van der Waals surface area contributed by atoms with Gasteiger partial charge in [0.05, 0.1) is 45.2 Å². The molecule has 172 valence electrons. The molecule has 2 aliphatic heterocycles. The van der Waals surface area contributed by atoms with E-state index in [-0.39, 0.29) is 25.4 Å². The first-order chi connectivity index (χ1) is 13.4. The van der Waals surface area contributed by atoms with Gasteiger partial charge in [0.2, 0.25) is 0 Å². The van der Waals surface area contributed by atoms with E-state index >= 15 is 0 Å². The second kappa shape index (κ2) is 10.5. The molecule has 9 nitrogen and oxygen atoms in total. The number of hydrogen-bond donors (Lipinski definition) is 2. The lowest BCUT2D eigenvalue weighted by Crippen LogP contribution is -2.39. The fourth-order valence-electron chi connectivity index (χ4n) is 3.27. The van der Waals surface area contributed by atoms with E-state index in [2.05, 4.69) is 0 Å². The van der Waals surface area contributed by atoms with Crippen molar-refractivity contribution in [2.45, 2.75) is 103 Å². The van der Waals surface area contributed by atoms with Crippen LogP contribution in [0, 0.1) is 0 Å². The monoisotopic (exact) mass is 439 g/mol. The second-order valence-electron chi connectivity index (χ2n) is 7.86. The van der Waals surface area contributed by atoms with Crippen molar-refractivity contribution in [2.75, 3.05) is 13.2 Å². The second-order valence-corrected chi connectivity index (χ2v) is 8.78. The zero-order chi connectivity index (χ0) is 21.9. The van der Waals surface area contributed by atoms with E-state index in [4.69, 9.17) is 28.0 Å². The lowest BCUT2D eigenvalue weighted by Gasteiger charge is -2.30. The Bertz CT molecular complexity index is 563. The van der Waals surface area contributed by atoms with Crippen LogP contribution < -0.4 is 0 Å². The Hall–Kier alpha value is -0.0251. The first-order valence-electron chi connectivity index (χ1n) is 9.81. The van der Waals surface area contributed by atoms with Crippen LogP contribution in [0.4, 0.5) is 0 Å². The maximum absolute atomic E-state index is 13.1. The zero-order valence-corrected chi connectivity index (χ0v) is 18.3. The molecule has 9 atom stereocenters. The lowest BCUT2D eigenvalue weighted by atomic mass is 10.1. The Labute approximate surface area is 174 Å². The normalized spacial score (nSPS) is 40.1. The number of rotatable bonds is 10. The maximum atomic E-state index is 13.1. The van der Waals surface area contributed by atoms with E-state index in [1.807, 2.05) is 27.7 Å². The van der Waals surface area contributed by atoms with Crippen LogP contribution in [0.5, 0.6) is 0 Å². The van der Waals surface area contributed by atoms with Crippen molar-refractivity contribution < 1.29 is 42.8 Å². The molecule has 0 spiro atoms. The maximum Gasteiger partial charge on any atom is 0.147 e. The van der Waals surface area contributed by atoms with E-state index in [1.165, 1.54) is 0 Å². The minimum atomic E-state index is -3.31. The SMILES string of the molecule is [BH3-]P(=O)(OC[C@H]1O[C@@H](C)[C@@H](O)C1OC(C)C)OC1[C@@H](COC(C)C)O[C@@H](C)[C@H]1O. The summed E-state index contributed by atoms with van der Waals surface area (Å²) in [5.41, 5.74) is 0. The van der Waals surface area contributed by atoms with Crippen molar-refractivity contribution in [2.24, 2.45) is 0 Å². The first kappa shape index (κ1) is 25.2. The highest BCUT2D eigenvalue weighted by Crippen LogP contribution is 2.47. The van der Waals surface area contributed by atoms with Crippen LogP contribution in [0.25, 0.3) is 0 Å². The molecule has 0 aromatic carbocycles. The molecular formula is C18H37BO9P-. The standard InChI is InChI=1S/C18H37BO9P/c1-9(2)23-7-13-18(16(21)12(6)26-13)28-29(19,22)24-8-14-17(25-10(3)4)15(20)11(5)27-14/h9-18,20-21H,7-8H2,1-6,19H3/q-1/t11-,12-,13+,14+,15+,16+,17?,18?,29?/m0/s1. The molecule has 11 heteroatoms. The van der Waals surface area contributed by atoms with Crippen molar-refractivity contribution in [3.8, 4) is 0 Å². The third-order valence-electron chi connectivity index (χ3n) is 4.72. The number of aliphatic hydroxyl groups excluding tert-OH is 2. The van der Waals surface area contributed by atoms with Gasteiger partial charge in [0, 0.05) is 0 Å². The molecule has 0 saturated carbocycles. The lowest BCUT2D eigenvalue weighted by molar-refractivity contribution is -0.0776. The van der Waals surface area contributed by atoms with E-state index in [1.54, 1.807) is 13.8 Å². The molecule has 0 radical (unpaired) electrons. The summed E-state index contributed by atoms with van der Waals surface area (Å²) in [5, 5.41) is 20.7. The average Bonchev–Trinajstić information content (AvgIpc) is 3.02. The van der Waals surface area contributed by atoms with Gasteiger partial charge in [-0.2, -0.15) is 0 Å². The van der Waals surface area contributed by atoms with Gasteiger partial charge in [0.15, 0.2) is 0 Å². The fourth-order valence-corrected chi connectivity index (χ4v) is 4.06. The molecule has 0 aromatic heterocycles. The molecule has 2 heterocycles. The number of hydrogen-bond acceptors (Lipinski definition) is 9. The van der Waals surface area contributed by atoms with Crippen molar-refractivity contribution in [1.82, 2.24) is 0 Å². The van der Waals surface area contributed by atoms with Crippen LogP contribution in [-0.2, 0) is 32.6 Å². The summed E-state index contributed by atoms with van der Waals surface area (Å²) in [7, 11) is -4.17. The Morgan fingerprint density at radius 1 is 0.931 bits per heavy atom. The molecule has 2 fully saturated rings. The molecule has 0 aliphatic carbocycles. The van der Waals surface area contributed by atoms with Crippen LogP contribution in [0.15, 0.2) is 0 Å². The third kappa shape index (κ3) is 6.99. The topological polar surface area (TPSA) is 113 Å². The van der Waals surface area contributed by atoms with E-state index in [0.29, 0.717) is 0 Å². The molecule has 2 rings (SSSR count). The van der Waals surface area contributed by atoms with Crippen molar-refractivity contribution in [3.05, 3.63) is 0 Å². The van der Waals surface area contributed by atoms with Crippen LogP contribution >= 0.6 is 7.47 Å². The molecular weight excluding hydrogens is 402 g/mol. The summed E-state index contributed by atoms with van der Waals surface area (Å²) in [5.74, 6) is 0. The van der Waals surface area contributed by atoms with Crippen LogP contribution in [-0.4, -0.2) is 92.0 Å². The van der Waals surface area contributed by atoms with Gasteiger partial charge in [-0.15, -0.1) is 0 Å². The molecule has 0 aromatic rings. The minimum Gasteiger partial charge on any atom is -0.388 e. The van der Waals surface area contributed by atoms with Gasteiger partial charge >= 0.3 is 0 Å². The molecule has 0 amide bonds. The zero-order valence-electron chi connectivity index (χ0n) is 17.4. The summed E-state index contributed by atoms with van der Waals surface area (Å²) in [6.45, 7) is 11.3. The van der Waals surface area contributed by atoms with Gasteiger partial charge < -0.3 is 42.8 Å². The van der Waals surface area contributed by atoms with Crippen LogP contribution in [0.2, 0.25) is 0 Å². The van der Waals surface area contributed by atoms with Gasteiger partial charge in [0.25, 0.3) is 0 Å². The highest BCUT2D eigenvalue weighted by Gasteiger charge is 2.46. The Morgan fingerprint density at radius 3 is 1.97 bits per heavy atom. The van der Waals surface area contributed by atoms with E-state index in [9.17, 15) is 14.8 Å². The highest BCUT2D eigenvalue weighted by molar-refractivity contribution is 7.79. The largest absolute Gasteiger partial charge is 0.388 e. The van der Waals surface area contributed by atoms with Crippen molar-refractivity contribution in [1.29, 1.82) is 0 Å². The Balaban J connectivity index is 1.96. The summed E-state index contributed by atoms with van der Waals surface area (Å²) < 4.78 is 47.3. The number of ether oxygens (including phenoxy) is 4. The predicted octanol–water partition coefficient (Wildman–Crippen LogP) is 0.377. The fraction of sp³-hybridized carbons (Fsp3) is 1.00.